The molecule has 4 heteroatoms. The van der Waals surface area contributed by atoms with Crippen LogP contribution in [0.3, 0.4) is 0 Å². The zero-order valence-electron chi connectivity index (χ0n) is 12.9. The Balaban J connectivity index is 1.77. The Kier molecular flexibility index (Phi) is 6.18. The fourth-order valence-corrected chi connectivity index (χ4v) is 2.82. The van der Waals surface area contributed by atoms with E-state index < -0.39 is 0 Å². The third-order valence-corrected chi connectivity index (χ3v) is 4.13. The van der Waals surface area contributed by atoms with Crippen LogP contribution in [0.1, 0.15) is 63.0 Å². The van der Waals surface area contributed by atoms with Gasteiger partial charge in [-0.05, 0) is 42.1 Å². The summed E-state index contributed by atoms with van der Waals surface area (Å²) in [4.78, 5) is 0. The van der Waals surface area contributed by atoms with Crippen LogP contribution in [0.5, 0.6) is 0 Å². The molecule has 1 fully saturated rings. The fourth-order valence-electron chi connectivity index (χ4n) is 2.60. The monoisotopic (exact) mass is 303 g/mol. The smallest absolute Gasteiger partial charge is 0.187 e. The second-order valence-electron chi connectivity index (χ2n) is 6.00. The molecule has 1 saturated carbocycles. The molecular weight excluding hydrogens is 278 g/mol. The van der Waals surface area contributed by atoms with E-state index in [2.05, 4.69) is 54.0 Å². The Hall–Kier alpha value is -1.42. The molecular formula is C17H25N3S. The van der Waals surface area contributed by atoms with Crippen LogP contribution in [-0.2, 0) is 0 Å². The second kappa shape index (κ2) is 8.13. The summed E-state index contributed by atoms with van der Waals surface area (Å²) in [6.45, 7) is 4.39. The van der Waals surface area contributed by atoms with Gasteiger partial charge in [0.2, 0.25) is 0 Å². The van der Waals surface area contributed by atoms with Gasteiger partial charge >= 0.3 is 0 Å². The maximum atomic E-state index is 5.27. The maximum absolute atomic E-state index is 5.27. The van der Waals surface area contributed by atoms with Gasteiger partial charge in [0.1, 0.15) is 0 Å². The lowest BCUT2D eigenvalue weighted by Gasteiger charge is -2.23. The van der Waals surface area contributed by atoms with Gasteiger partial charge in [-0.1, -0.05) is 57.4 Å². The van der Waals surface area contributed by atoms with Crippen LogP contribution in [0.4, 0.5) is 0 Å². The summed E-state index contributed by atoms with van der Waals surface area (Å²) in [5.41, 5.74) is 5.32. The molecule has 0 unspecified atom stereocenters. The van der Waals surface area contributed by atoms with Crippen molar-refractivity contribution in [3.8, 4) is 0 Å². The Bertz CT molecular complexity index is 473. The van der Waals surface area contributed by atoms with Crippen LogP contribution in [0, 0.1) is 0 Å². The zero-order valence-corrected chi connectivity index (χ0v) is 13.7. The van der Waals surface area contributed by atoms with E-state index in [0.29, 0.717) is 17.1 Å². The van der Waals surface area contributed by atoms with Crippen LogP contribution in [0.2, 0.25) is 0 Å². The topological polar surface area (TPSA) is 36.4 Å². The Labute approximate surface area is 133 Å². The van der Waals surface area contributed by atoms with Gasteiger partial charge in [0, 0.05) is 6.04 Å². The van der Waals surface area contributed by atoms with Gasteiger partial charge in [-0.3, -0.25) is 5.43 Å². The molecule has 2 rings (SSSR count). The summed E-state index contributed by atoms with van der Waals surface area (Å²) in [7, 11) is 0. The number of thiocarbonyl (C=S) groups is 1. The highest BCUT2D eigenvalue weighted by molar-refractivity contribution is 7.80. The second-order valence-corrected chi connectivity index (χ2v) is 6.41. The number of rotatable bonds is 4. The first kappa shape index (κ1) is 16.0. The van der Waals surface area contributed by atoms with Crippen molar-refractivity contribution in [3.63, 3.8) is 0 Å². The normalized spacial score (nSPS) is 16.3. The van der Waals surface area contributed by atoms with Gasteiger partial charge < -0.3 is 5.32 Å². The van der Waals surface area contributed by atoms with Gasteiger partial charge in [0.15, 0.2) is 5.11 Å². The van der Waals surface area contributed by atoms with Gasteiger partial charge in [-0.2, -0.15) is 5.10 Å². The molecule has 1 aromatic rings. The fraction of sp³-hybridized carbons (Fsp3) is 0.529. The van der Waals surface area contributed by atoms with Crippen LogP contribution >= 0.6 is 12.2 Å². The van der Waals surface area contributed by atoms with E-state index in [1.165, 1.54) is 37.7 Å². The van der Waals surface area contributed by atoms with Crippen molar-refractivity contribution in [2.24, 2.45) is 5.10 Å². The molecule has 1 aliphatic carbocycles. The number of hydrogen-bond donors (Lipinski definition) is 2. The summed E-state index contributed by atoms with van der Waals surface area (Å²) in [6, 6.07) is 8.96. The summed E-state index contributed by atoms with van der Waals surface area (Å²) >= 11 is 5.27. The van der Waals surface area contributed by atoms with Crippen molar-refractivity contribution >= 4 is 23.5 Å². The summed E-state index contributed by atoms with van der Waals surface area (Å²) in [6.07, 6.45) is 8.17. The molecule has 0 atom stereocenters. The van der Waals surface area contributed by atoms with Crippen molar-refractivity contribution in [1.82, 2.24) is 10.7 Å². The van der Waals surface area contributed by atoms with Crippen molar-refractivity contribution in [2.45, 2.75) is 57.9 Å². The van der Waals surface area contributed by atoms with E-state index in [-0.39, 0.29) is 0 Å². The first-order valence-corrected chi connectivity index (χ1v) is 8.25. The SMILES string of the molecule is CC(C)c1ccc(/C=N\NC(=S)NC2CCCCC2)cc1. The standard InChI is InChI=1S/C17H25N3S/c1-13(2)15-10-8-14(9-11-15)12-18-20-17(21)19-16-6-4-3-5-7-16/h8-13,16H,3-7H2,1-2H3,(H2,19,20,21)/b18-12-. The Morgan fingerprint density at radius 1 is 1.19 bits per heavy atom. The highest BCUT2D eigenvalue weighted by Crippen LogP contribution is 2.17. The van der Waals surface area contributed by atoms with Gasteiger partial charge in [-0.15, -0.1) is 0 Å². The van der Waals surface area contributed by atoms with E-state index in [4.69, 9.17) is 12.2 Å². The largest absolute Gasteiger partial charge is 0.359 e. The summed E-state index contributed by atoms with van der Waals surface area (Å²) in [5, 5.41) is 8.16. The number of nitrogens with zero attached hydrogens (tertiary/aromatic N) is 1. The van der Waals surface area contributed by atoms with Crippen molar-refractivity contribution in [1.29, 1.82) is 0 Å². The third-order valence-electron chi connectivity index (χ3n) is 3.92. The van der Waals surface area contributed by atoms with E-state index in [1.807, 2.05) is 0 Å². The number of nitrogens with one attached hydrogen (secondary N) is 2. The van der Waals surface area contributed by atoms with Crippen LogP contribution in [0.25, 0.3) is 0 Å². The molecule has 0 amide bonds. The molecule has 1 aliphatic rings. The van der Waals surface area contributed by atoms with E-state index >= 15 is 0 Å². The lowest BCUT2D eigenvalue weighted by Crippen LogP contribution is -2.40. The molecule has 114 valence electrons. The molecule has 2 N–H and O–H groups in total. The molecule has 21 heavy (non-hydrogen) atoms. The molecule has 1 aromatic carbocycles. The summed E-state index contributed by atoms with van der Waals surface area (Å²) < 4.78 is 0. The maximum Gasteiger partial charge on any atom is 0.187 e. The molecule has 0 aliphatic heterocycles. The van der Waals surface area contributed by atoms with E-state index in [1.54, 1.807) is 6.21 Å². The predicted octanol–water partition coefficient (Wildman–Crippen LogP) is 3.94. The first-order valence-electron chi connectivity index (χ1n) is 7.84. The summed E-state index contributed by atoms with van der Waals surface area (Å²) in [5.74, 6) is 0.557. The quantitative estimate of drug-likeness (QED) is 0.502. The van der Waals surface area contributed by atoms with Gasteiger partial charge in [-0.25, -0.2) is 0 Å². The number of hydrazone groups is 1. The third kappa shape index (κ3) is 5.46. The molecule has 0 heterocycles. The highest BCUT2D eigenvalue weighted by atomic mass is 32.1. The van der Waals surface area contributed by atoms with Gasteiger partial charge in [0.25, 0.3) is 0 Å². The molecule has 0 spiro atoms. The first-order chi connectivity index (χ1) is 10.1. The minimum atomic E-state index is 0.513. The lowest BCUT2D eigenvalue weighted by atomic mass is 9.96. The molecule has 0 aromatic heterocycles. The van der Waals surface area contributed by atoms with E-state index in [9.17, 15) is 0 Å². The average molecular weight is 303 g/mol. The Morgan fingerprint density at radius 3 is 2.48 bits per heavy atom. The predicted molar refractivity (Wildman–Crippen MR) is 93.9 cm³/mol. The van der Waals surface area contributed by atoms with Crippen LogP contribution in [0.15, 0.2) is 29.4 Å². The van der Waals surface area contributed by atoms with Crippen LogP contribution in [-0.4, -0.2) is 17.4 Å². The molecule has 0 radical (unpaired) electrons. The molecule has 3 nitrogen and oxygen atoms in total. The van der Waals surface area contributed by atoms with E-state index in [0.717, 1.165) is 5.56 Å². The average Bonchev–Trinajstić information content (AvgIpc) is 2.49. The number of benzene rings is 1. The Morgan fingerprint density at radius 2 is 1.86 bits per heavy atom. The lowest BCUT2D eigenvalue weighted by molar-refractivity contribution is 0.412. The highest BCUT2D eigenvalue weighted by Gasteiger charge is 2.13. The van der Waals surface area contributed by atoms with Gasteiger partial charge in [0.05, 0.1) is 6.21 Å². The van der Waals surface area contributed by atoms with Crippen molar-refractivity contribution in [2.75, 3.05) is 0 Å². The molecule has 0 saturated heterocycles. The minimum absolute atomic E-state index is 0.513. The van der Waals surface area contributed by atoms with Crippen LogP contribution < -0.4 is 10.7 Å². The minimum Gasteiger partial charge on any atom is -0.359 e. The van der Waals surface area contributed by atoms with Crippen molar-refractivity contribution in [3.05, 3.63) is 35.4 Å². The molecule has 0 bridgehead atoms. The van der Waals surface area contributed by atoms with Crippen molar-refractivity contribution < 1.29 is 0 Å². The zero-order chi connectivity index (χ0) is 15.1. The number of hydrogen-bond acceptors (Lipinski definition) is 2.